The SMILES string of the molecule is CCC1CCCCN1CCNC(=NC)NCCc1ccc(OC)c(OC)c1OC.I. The molecule has 1 aromatic rings. The van der Waals surface area contributed by atoms with Crippen LogP contribution in [0.4, 0.5) is 0 Å². The molecule has 1 atom stereocenters. The fourth-order valence-electron chi connectivity index (χ4n) is 4.03. The van der Waals surface area contributed by atoms with Crippen LogP contribution in [0.5, 0.6) is 17.2 Å². The molecule has 172 valence electrons. The Bertz CT molecular complexity index is 658. The summed E-state index contributed by atoms with van der Waals surface area (Å²) in [6, 6.07) is 4.66. The normalized spacial score (nSPS) is 17.1. The number of methoxy groups -OCH3 is 3. The molecule has 1 aliphatic heterocycles. The lowest BCUT2D eigenvalue weighted by Gasteiger charge is -2.35. The first-order chi connectivity index (χ1) is 14.2. The number of ether oxygens (including phenoxy) is 3. The van der Waals surface area contributed by atoms with Crippen molar-refractivity contribution in [2.45, 2.75) is 45.1 Å². The lowest BCUT2D eigenvalue weighted by molar-refractivity contribution is 0.147. The summed E-state index contributed by atoms with van der Waals surface area (Å²) < 4.78 is 16.4. The van der Waals surface area contributed by atoms with Gasteiger partial charge in [-0.2, -0.15) is 0 Å². The van der Waals surface area contributed by atoms with E-state index in [1.54, 1.807) is 21.3 Å². The molecule has 1 unspecified atom stereocenters. The molecule has 0 bridgehead atoms. The van der Waals surface area contributed by atoms with Gasteiger partial charge in [-0.3, -0.25) is 9.89 Å². The highest BCUT2D eigenvalue weighted by Gasteiger charge is 2.20. The van der Waals surface area contributed by atoms with Crippen molar-refractivity contribution in [2.24, 2.45) is 4.99 Å². The van der Waals surface area contributed by atoms with E-state index in [-0.39, 0.29) is 24.0 Å². The average molecular weight is 534 g/mol. The summed E-state index contributed by atoms with van der Waals surface area (Å²) in [5, 5.41) is 6.83. The average Bonchev–Trinajstić information content (AvgIpc) is 2.77. The van der Waals surface area contributed by atoms with E-state index in [9.17, 15) is 0 Å². The molecule has 1 saturated heterocycles. The summed E-state index contributed by atoms with van der Waals surface area (Å²) in [7, 11) is 6.71. The number of nitrogens with zero attached hydrogens (tertiary/aromatic N) is 2. The number of aliphatic imine (C=N–C) groups is 1. The van der Waals surface area contributed by atoms with Crippen molar-refractivity contribution in [3.05, 3.63) is 17.7 Å². The van der Waals surface area contributed by atoms with E-state index in [1.807, 2.05) is 19.2 Å². The zero-order chi connectivity index (χ0) is 21.1. The van der Waals surface area contributed by atoms with Crippen molar-refractivity contribution in [3.8, 4) is 17.2 Å². The molecule has 30 heavy (non-hydrogen) atoms. The Morgan fingerprint density at radius 1 is 1.07 bits per heavy atom. The van der Waals surface area contributed by atoms with Gasteiger partial charge >= 0.3 is 0 Å². The van der Waals surface area contributed by atoms with Gasteiger partial charge in [0.05, 0.1) is 21.3 Å². The van der Waals surface area contributed by atoms with E-state index in [1.165, 1.54) is 32.2 Å². The quantitative estimate of drug-likeness (QED) is 0.273. The summed E-state index contributed by atoms with van der Waals surface area (Å²) in [5.74, 6) is 2.84. The number of hydrogen-bond donors (Lipinski definition) is 2. The second-order valence-corrected chi connectivity index (χ2v) is 7.26. The number of halogens is 1. The highest BCUT2D eigenvalue weighted by molar-refractivity contribution is 14.0. The Hall–Kier alpha value is -1.42. The number of guanidine groups is 1. The molecule has 1 fully saturated rings. The summed E-state index contributed by atoms with van der Waals surface area (Å²) in [5.41, 5.74) is 1.06. The van der Waals surface area contributed by atoms with Crippen LogP contribution in [0.3, 0.4) is 0 Å². The van der Waals surface area contributed by atoms with Gasteiger partial charge in [0.1, 0.15) is 0 Å². The summed E-state index contributed by atoms with van der Waals surface area (Å²) in [6.07, 6.45) is 6.03. The molecule has 2 rings (SSSR count). The summed E-state index contributed by atoms with van der Waals surface area (Å²) in [6.45, 7) is 6.20. The van der Waals surface area contributed by atoms with Crippen LogP contribution in [-0.2, 0) is 6.42 Å². The third kappa shape index (κ3) is 7.37. The van der Waals surface area contributed by atoms with Crippen LogP contribution in [0.2, 0.25) is 0 Å². The van der Waals surface area contributed by atoms with Gasteiger partial charge in [-0.1, -0.05) is 19.4 Å². The first-order valence-electron chi connectivity index (χ1n) is 10.6. The number of rotatable bonds is 10. The number of likely N-dealkylation sites (tertiary alicyclic amines) is 1. The summed E-state index contributed by atoms with van der Waals surface area (Å²) in [4.78, 5) is 6.95. The lowest BCUT2D eigenvalue weighted by atomic mass is 10.0. The van der Waals surface area contributed by atoms with Crippen LogP contribution in [-0.4, -0.2) is 71.5 Å². The molecule has 1 aliphatic rings. The minimum atomic E-state index is 0. The molecule has 0 aliphatic carbocycles. The van der Waals surface area contributed by atoms with Crippen LogP contribution in [0.25, 0.3) is 0 Å². The van der Waals surface area contributed by atoms with Gasteiger partial charge < -0.3 is 24.8 Å². The van der Waals surface area contributed by atoms with Crippen molar-refractivity contribution in [3.63, 3.8) is 0 Å². The van der Waals surface area contributed by atoms with Crippen LogP contribution in [0.1, 0.15) is 38.2 Å². The van der Waals surface area contributed by atoms with E-state index in [0.717, 1.165) is 43.6 Å². The minimum absolute atomic E-state index is 0. The van der Waals surface area contributed by atoms with Gasteiger partial charge in [0.15, 0.2) is 17.5 Å². The standard InChI is InChI=1S/C22H38N4O3.HI/c1-6-18-9-7-8-15-26(18)16-14-25-22(23-2)24-13-12-17-10-11-19(27-3)21(29-5)20(17)28-4;/h10-11,18H,6-9,12-16H2,1-5H3,(H2,23,24,25);1H. The van der Waals surface area contributed by atoms with Crippen LogP contribution in [0.15, 0.2) is 17.1 Å². The Kier molecular flexibility index (Phi) is 12.9. The number of benzene rings is 1. The van der Waals surface area contributed by atoms with Crippen molar-refractivity contribution in [1.29, 1.82) is 0 Å². The molecule has 7 nitrogen and oxygen atoms in total. The maximum absolute atomic E-state index is 5.56. The Labute approximate surface area is 199 Å². The minimum Gasteiger partial charge on any atom is -0.493 e. The summed E-state index contributed by atoms with van der Waals surface area (Å²) >= 11 is 0. The molecule has 0 radical (unpaired) electrons. The predicted octanol–water partition coefficient (Wildman–Crippen LogP) is 3.30. The first-order valence-corrected chi connectivity index (χ1v) is 10.6. The van der Waals surface area contributed by atoms with Crippen molar-refractivity contribution in [1.82, 2.24) is 15.5 Å². The number of hydrogen-bond acceptors (Lipinski definition) is 5. The molecular formula is C22H39IN4O3. The fraction of sp³-hybridized carbons (Fsp3) is 0.682. The third-order valence-electron chi connectivity index (χ3n) is 5.61. The third-order valence-corrected chi connectivity index (χ3v) is 5.61. The molecule has 8 heteroatoms. The maximum atomic E-state index is 5.56. The van der Waals surface area contributed by atoms with Gasteiger partial charge in [0.25, 0.3) is 0 Å². The molecule has 0 spiro atoms. The van der Waals surface area contributed by atoms with Crippen molar-refractivity contribution < 1.29 is 14.2 Å². The second kappa shape index (κ2) is 14.6. The molecule has 1 heterocycles. The zero-order valence-corrected chi connectivity index (χ0v) is 21.5. The van der Waals surface area contributed by atoms with E-state index < -0.39 is 0 Å². The number of piperidine rings is 1. The van der Waals surface area contributed by atoms with E-state index >= 15 is 0 Å². The molecule has 0 amide bonds. The van der Waals surface area contributed by atoms with E-state index in [0.29, 0.717) is 17.2 Å². The maximum Gasteiger partial charge on any atom is 0.203 e. The van der Waals surface area contributed by atoms with E-state index in [4.69, 9.17) is 14.2 Å². The highest BCUT2D eigenvalue weighted by Crippen LogP contribution is 2.39. The highest BCUT2D eigenvalue weighted by atomic mass is 127. The Morgan fingerprint density at radius 3 is 2.43 bits per heavy atom. The predicted molar refractivity (Wildman–Crippen MR) is 134 cm³/mol. The Morgan fingerprint density at radius 2 is 1.80 bits per heavy atom. The topological polar surface area (TPSA) is 67.4 Å². The van der Waals surface area contributed by atoms with Gasteiger partial charge in [-0.05, 0) is 38.3 Å². The van der Waals surface area contributed by atoms with Crippen LogP contribution < -0.4 is 24.8 Å². The molecule has 0 saturated carbocycles. The number of nitrogens with one attached hydrogen (secondary N) is 2. The van der Waals surface area contributed by atoms with Gasteiger partial charge in [-0.25, -0.2) is 0 Å². The monoisotopic (exact) mass is 534 g/mol. The lowest BCUT2D eigenvalue weighted by Crippen LogP contribution is -2.46. The first kappa shape index (κ1) is 26.6. The van der Waals surface area contributed by atoms with Gasteiger partial charge in [0.2, 0.25) is 5.75 Å². The van der Waals surface area contributed by atoms with Crippen LogP contribution in [0, 0.1) is 0 Å². The fourth-order valence-corrected chi connectivity index (χ4v) is 4.03. The smallest absolute Gasteiger partial charge is 0.203 e. The second-order valence-electron chi connectivity index (χ2n) is 7.26. The molecular weight excluding hydrogens is 495 g/mol. The van der Waals surface area contributed by atoms with Crippen LogP contribution >= 0.6 is 24.0 Å². The van der Waals surface area contributed by atoms with Crippen molar-refractivity contribution in [2.75, 3.05) is 54.6 Å². The van der Waals surface area contributed by atoms with E-state index in [2.05, 4.69) is 27.4 Å². The molecule has 1 aromatic carbocycles. The van der Waals surface area contributed by atoms with Gasteiger partial charge in [-0.15, -0.1) is 24.0 Å². The van der Waals surface area contributed by atoms with Crippen molar-refractivity contribution >= 4 is 29.9 Å². The Balaban J connectivity index is 0.00000450. The zero-order valence-electron chi connectivity index (χ0n) is 19.1. The largest absolute Gasteiger partial charge is 0.493 e. The van der Waals surface area contributed by atoms with Gasteiger partial charge in [0, 0.05) is 38.3 Å². The molecule has 0 aromatic heterocycles. The molecule has 2 N–H and O–H groups in total.